The molecule has 0 aliphatic rings. The van der Waals surface area contributed by atoms with Crippen molar-refractivity contribution in [2.75, 3.05) is 20.2 Å². The van der Waals surface area contributed by atoms with Gasteiger partial charge in [-0.15, -0.1) is 0 Å². The molecule has 0 bridgehead atoms. The average molecular weight is 366 g/mol. The minimum absolute atomic E-state index is 0.274. The third-order valence-corrected chi connectivity index (χ3v) is 3.74. The molecular formula is C17H24ClN5O2. The molecule has 7 nitrogen and oxygen atoms in total. The summed E-state index contributed by atoms with van der Waals surface area (Å²) in [6.45, 7) is 7.64. The summed E-state index contributed by atoms with van der Waals surface area (Å²) >= 11 is 5.99. The Hall–Kier alpha value is -2.12. The van der Waals surface area contributed by atoms with E-state index in [0.717, 1.165) is 12.1 Å². The number of hydrogen-bond acceptors (Lipinski definition) is 5. The predicted octanol–water partition coefficient (Wildman–Crippen LogP) is 2.87. The molecule has 0 saturated carbocycles. The maximum absolute atomic E-state index is 5.99. The number of halogens is 1. The minimum atomic E-state index is -0.291. The molecule has 1 aromatic carbocycles. The molecule has 2 aromatic rings. The fraction of sp³-hybridized carbons (Fsp3) is 0.471. The first-order chi connectivity index (χ1) is 11.9. The van der Waals surface area contributed by atoms with Crippen LogP contribution in [-0.4, -0.2) is 41.9 Å². The summed E-state index contributed by atoms with van der Waals surface area (Å²) in [6.07, 6.45) is 0. The Balaban J connectivity index is 2.03. The highest BCUT2D eigenvalue weighted by Gasteiger charge is 2.16. The zero-order valence-electron chi connectivity index (χ0n) is 15.0. The van der Waals surface area contributed by atoms with Gasteiger partial charge in [0, 0.05) is 30.8 Å². The van der Waals surface area contributed by atoms with Crippen LogP contribution < -0.4 is 10.6 Å². The second-order valence-electron chi connectivity index (χ2n) is 6.03. The molecule has 2 N–H and O–H groups in total. The first kappa shape index (κ1) is 19.2. The van der Waals surface area contributed by atoms with Crippen molar-refractivity contribution in [1.29, 1.82) is 0 Å². The molecule has 0 fully saturated rings. The van der Waals surface area contributed by atoms with Gasteiger partial charge in [-0.3, -0.25) is 0 Å². The smallest absolute Gasteiger partial charge is 0.248 e. The second kappa shape index (κ2) is 8.82. The van der Waals surface area contributed by atoms with Gasteiger partial charge < -0.3 is 19.9 Å². The summed E-state index contributed by atoms with van der Waals surface area (Å²) in [7, 11) is 1.68. The van der Waals surface area contributed by atoms with Crippen molar-refractivity contribution in [2.45, 2.75) is 32.9 Å². The summed E-state index contributed by atoms with van der Waals surface area (Å²) in [6, 6.07) is 7.31. The molecule has 2 rings (SSSR count). The minimum Gasteiger partial charge on any atom is -0.377 e. The first-order valence-corrected chi connectivity index (χ1v) is 8.47. The van der Waals surface area contributed by atoms with Crippen molar-refractivity contribution in [2.24, 2.45) is 4.99 Å². The van der Waals surface area contributed by atoms with Gasteiger partial charge in [-0.25, -0.2) is 4.99 Å². The highest BCUT2D eigenvalue weighted by molar-refractivity contribution is 6.30. The van der Waals surface area contributed by atoms with Gasteiger partial charge in [0.25, 0.3) is 0 Å². The fourth-order valence-corrected chi connectivity index (χ4v) is 2.11. The van der Waals surface area contributed by atoms with Gasteiger partial charge in [0.15, 0.2) is 5.96 Å². The van der Waals surface area contributed by atoms with E-state index in [-0.39, 0.29) is 12.1 Å². The number of methoxy groups -OCH3 is 1. The zero-order chi connectivity index (χ0) is 18.3. The van der Waals surface area contributed by atoms with Crippen LogP contribution >= 0.6 is 11.6 Å². The van der Waals surface area contributed by atoms with Gasteiger partial charge in [-0.05, 0) is 32.9 Å². The molecule has 25 heavy (non-hydrogen) atoms. The quantitative estimate of drug-likeness (QED) is 0.579. The van der Waals surface area contributed by atoms with E-state index in [9.17, 15) is 0 Å². The molecule has 0 amide bonds. The van der Waals surface area contributed by atoms with E-state index in [1.54, 1.807) is 19.2 Å². The van der Waals surface area contributed by atoms with Crippen molar-refractivity contribution < 1.29 is 9.26 Å². The number of benzene rings is 1. The van der Waals surface area contributed by atoms with Gasteiger partial charge in [-0.2, -0.15) is 4.98 Å². The topological polar surface area (TPSA) is 84.6 Å². The maximum Gasteiger partial charge on any atom is 0.248 e. The molecule has 0 radical (unpaired) electrons. The van der Waals surface area contributed by atoms with Crippen LogP contribution in [0, 0.1) is 0 Å². The van der Waals surface area contributed by atoms with E-state index in [1.165, 1.54) is 0 Å². The standard InChI is InChI=1S/C17H24ClN5O2/c1-5-19-16(21-11-17(2,3)24-4)20-10-14-22-15(23-25-14)12-7-6-8-13(18)9-12/h6-9H,5,10-11H2,1-4H3,(H2,19,20,21). The molecule has 136 valence electrons. The van der Waals surface area contributed by atoms with Crippen LogP contribution in [0.15, 0.2) is 33.8 Å². The van der Waals surface area contributed by atoms with Gasteiger partial charge in [0.1, 0.15) is 6.54 Å². The fourth-order valence-electron chi connectivity index (χ4n) is 1.92. The maximum atomic E-state index is 5.99. The number of aliphatic imine (C=N–C) groups is 1. The molecule has 0 spiro atoms. The van der Waals surface area contributed by atoms with Crippen LogP contribution in [0.5, 0.6) is 0 Å². The Morgan fingerprint density at radius 3 is 2.84 bits per heavy atom. The third kappa shape index (κ3) is 6.03. The number of hydrogen-bond donors (Lipinski definition) is 2. The summed E-state index contributed by atoms with van der Waals surface area (Å²) < 4.78 is 10.7. The number of aromatic nitrogens is 2. The van der Waals surface area contributed by atoms with Crippen LogP contribution in [0.2, 0.25) is 5.02 Å². The monoisotopic (exact) mass is 365 g/mol. The lowest BCUT2D eigenvalue weighted by Gasteiger charge is -2.24. The molecule has 0 aliphatic heterocycles. The summed E-state index contributed by atoms with van der Waals surface area (Å²) in [4.78, 5) is 8.82. The Morgan fingerprint density at radius 2 is 2.16 bits per heavy atom. The van der Waals surface area contributed by atoms with Crippen LogP contribution in [0.3, 0.4) is 0 Å². The zero-order valence-corrected chi connectivity index (χ0v) is 15.7. The Morgan fingerprint density at radius 1 is 1.36 bits per heavy atom. The van der Waals surface area contributed by atoms with Crippen LogP contribution in [0.1, 0.15) is 26.7 Å². The van der Waals surface area contributed by atoms with Crippen molar-refractivity contribution in [3.05, 3.63) is 35.2 Å². The van der Waals surface area contributed by atoms with Crippen LogP contribution in [-0.2, 0) is 11.3 Å². The molecule has 0 atom stereocenters. The van der Waals surface area contributed by atoms with Gasteiger partial charge in [0.05, 0.1) is 5.60 Å². The summed E-state index contributed by atoms with van der Waals surface area (Å²) in [5, 5.41) is 11.0. The first-order valence-electron chi connectivity index (χ1n) is 8.09. The van der Waals surface area contributed by atoms with E-state index in [4.69, 9.17) is 20.9 Å². The van der Waals surface area contributed by atoms with Crippen LogP contribution in [0.4, 0.5) is 0 Å². The Bertz CT molecular complexity index is 715. The van der Waals surface area contributed by atoms with Crippen molar-refractivity contribution in [3.8, 4) is 11.4 Å². The lowest BCUT2D eigenvalue weighted by molar-refractivity contribution is 0.0268. The van der Waals surface area contributed by atoms with Gasteiger partial charge in [0.2, 0.25) is 11.7 Å². The molecule has 1 heterocycles. The number of rotatable bonds is 7. The Kier molecular flexibility index (Phi) is 6.78. The normalized spacial score (nSPS) is 12.3. The van der Waals surface area contributed by atoms with E-state index >= 15 is 0 Å². The van der Waals surface area contributed by atoms with Crippen molar-refractivity contribution >= 4 is 17.6 Å². The van der Waals surface area contributed by atoms with E-state index < -0.39 is 0 Å². The molecule has 0 aliphatic carbocycles. The average Bonchev–Trinajstić information content (AvgIpc) is 3.06. The van der Waals surface area contributed by atoms with E-state index in [1.807, 2.05) is 32.9 Å². The predicted molar refractivity (Wildman–Crippen MR) is 98.7 cm³/mol. The molecule has 0 unspecified atom stereocenters. The third-order valence-electron chi connectivity index (χ3n) is 3.50. The van der Waals surface area contributed by atoms with Gasteiger partial charge >= 0.3 is 0 Å². The summed E-state index contributed by atoms with van der Waals surface area (Å²) in [5.41, 5.74) is 0.513. The Labute approximate surface area is 152 Å². The SMILES string of the molecule is CCNC(=NCc1nc(-c2cccc(Cl)c2)no1)NCC(C)(C)OC. The lowest BCUT2D eigenvalue weighted by atomic mass is 10.1. The second-order valence-corrected chi connectivity index (χ2v) is 6.47. The number of nitrogens with zero attached hydrogens (tertiary/aromatic N) is 3. The number of ether oxygens (including phenoxy) is 1. The molecule has 8 heteroatoms. The highest BCUT2D eigenvalue weighted by atomic mass is 35.5. The summed E-state index contributed by atoms with van der Waals surface area (Å²) in [5.74, 6) is 1.58. The lowest BCUT2D eigenvalue weighted by Crippen LogP contribution is -2.45. The molecule has 0 saturated heterocycles. The largest absolute Gasteiger partial charge is 0.377 e. The molecule has 1 aromatic heterocycles. The highest BCUT2D eigenvalue weighted by Crippen LogP contribution is 2.20. The number of guanidine groups is 1. The van der Waals surface area contributed by atoms with Crippen molar-refractivity contribution in [1.82, 2.24) is 20.8 Å². The van der Waals surface area contributed by atoms with E-state index in [0.29, 0.717) is 29.2 Å². The number of nitrogens with one attached hydrogen (secondary N) is 2. The van der Waals surface area contributed by atoms with Gasteiger partial charge in [-0.1, -0.05) is 28.9 Å². The van der Waals surface area contributed by atoms with E-state index in [2.05, 4.69) is 25.8 Å². The van der Waals surface area contributed by atoms with Crippen molar-refractivity contribution in [3.63, 3.8) is 0 Å². The molecular weight excluding hydrogens is 342 g/mol. The van der Waals surface area contributed by atoms with Crippen LogP contribution in [0.25, 0.3) is 11.4 Å².